The molecule has 1 fully saturated rings. The molecule has 1 heterocycles. The first-order valence-corrected chi connectivity index (χ1v) is 6.13. The number of likely N-dealkylation sites (tertiary alicyclic amines) is 1. The summed E-state index contributed by atoms with van der Waals surface area (Å²) in [4.78, 5) is 2.39. The molecule has 1 aliphatic rings. The molecule has 92 valence electrons. The molecule has 0 radical (unpaired) electrons. The highest BCUT2D eigenvalue weighted by atomic mass is 15.3. The van der Waals surface area contributed by atoms with Gasteiger partial charge in [0, 0.05) is 31.5 Å². The number of hydrazine groups is 1. The zero-order valence-electron chi connectivity index (χ0n) is 10.8. The fraction of sp³-hybridized carbons (Fsp3) is 0.692. The summed E-state index contributed by atoms with van der Waals surface area (Å²) in [5, 5.41) is 0. The van der Waals surface area contributed by atoms with Crippen molar-refractivity contribution in [2.45, 2.75) is 33.1 Å². The molecule has 0 atom stereocenters. The van der Waals surface area contributed by atoms with Crippen LogP contribution in [-0.4, -0.2) is 25.0 Å². The van der Waals surface area contributed by atoms with Crippen molar-refractivity contribution in [3.8, 4) is 0 Å². The SMILES string of the molecule is C=C(C)N1CCC(C/C=C(/C)NNC)CC1. The lowest BCUT2D eigenvalue weighted by molar-refractivity contribution is 0.228. The molecule has 0 bridgehead atoms. The Labute approximate surface area is 99.6 Å². The van der Waals surface area contributed by atoms with Gasteiger partial charge < -0.3 is 10.3 Å². The van der Waals surface area contributed by atoms with Gasteiger partial charge in [0.1, 0.15) is 0 Å². The Morgan fingerprint density at radius 2 is 2.00 bits per heavy atom. The predicted molar refractivity (Wildman–Crippen MR) is 69.7 cm³/mol. The van der Waals surface area contributed by atoms with Gasteiger partial charge in [-0.3, -0.25) is 0 Å². The van der Waals surface area contributed by atoms with Crippen LogP contribution < -0.4 is 10.9 Å². The summed E-state index contributed by atoms with van der Waals surface area (Å²) in [5.41, 5.74) is 8.46. The van der Waals surface area contributed by atoms with E-state index in [1.807, 2.05) is 7.05 Å². The smallest absolute Gasteiger partial charge is 0.0191 e. The summed E-state index contributed by atoms with van der Waals surface area (Å²) in [6.45, 7) is 10.5. The van der Waals surface area contributed by atoms with Crippen LogP contribution in [0.5, 0.6) is 0 Å². The molecular formula is C13H25N3. The van der Waals surface area contributed by atoms with Gasteiger partial charge in [0.05, 0.1) is 0 Å². The van der Waals surface area contributed by atoms with Crippen molar-refractivity contribution in [3.05, 3.63) is 24.0 Å². The predicted octanol–water partition coefficient (Wildman–Crippen LogP) is 2.25. The number of rotatable bonds is 5. The summed E-state index contributed by atoms with van der Waals surface area (Å²) >= 11 is 0. The van der Waals surface area contributed by atoms with Crippen LogP contribution in [-0.2, 0) is 0 Å². The van der Waals surface area contributed by atoms with Crippen LogP contribution in [0.25, 0.3) is 0 Å². The quantitative estimate of drug-likeness (QED) is 0.700. The highest BCUT2D eigenvalue weighted by Gasteiger charge is 2.17. The van der Waals surface area contributed by atoms with Crippen LogP contribution in [0.2, 0.25) is 0 Å². The highest BCUT2D eigenvalue weighted by Crippen LogP contribution is 2.22. The Morgan fingerprint density at radius 1 is 1.38 bits per heavy atom. The summed E-state index contributed by atoms with van der Waals surface area (Å²) < 4.78 is 0. The van der Waals surface area contributed by atoms with Crippen molar-refractivity contribution in [1.82, 2.24) is 15.8 Å². The van der Waals surface area contributed by atoms with Gasteiger partial charge in [-0.2, -0.15) is 0 Å². The second-order valence-electron chi connectivity index (χ2n) is 4.66. The Morgan fingerprint density at radius 3 is 2.50 bits per heavy atom. The van der Waals surface area contributed by atoms with Crippen molar-refractivity contribution in [2.75, 3.05) is 20.1 Å². The fourth-order valence-corrected chi connectivity index (χ4v) is 2.14. The zero-order chi connectivity index (χ0) is 12.0. The van der Waals surface area contributed by atoms with E-state index in [1.165, 1.54) is 43.7 Å². The zero-order valence-corrected chi connectivity index (χ0v) is 10.8. The molecule has 0 aromatic rings. The van der Waals surface area contributed by atoms with Crippen molar-refractivity contribution in [2.24, 2.45) is 5.92 Å². The molecule has 16 heavy (non-hydrogen) atoms. The summed E-state index contributed by atoms with van der Waals surface area (Å²) in [6.07, 6.45) is 6.05. The Bertz CT molecular complexity index is 250. The van der Waals surface area contributed by atoms with Crippen LogP contribution in [0.3, 0.4) is 0 Å². The standard InChI is InChI=1S/C13H25N3/c1-11(2)16-9-7-13(8-10-16)6-5-12(3)15-14-4/h5,13-15H,1,6-10H2,2-4H3/b12-5-. The lowest BCUT2D eigenvalue weighted by atomic mass is 9.93. The molecule has 3 heteroatoms. The molecule has 3 nitrogen and oxygen atoms in total. The van der Waals surface area contributed by atoms with Gasteiger partial charge in [0.2, 0.25) is 0 Å². The topological polar surface area (TPSA) is 27.3 Å². The van der Waals surface area contributed by atoms with Crippen LogP contribution in [0.1, 0.15) is 33.1 Å². The lowest BCUT2D eigenvalue weighted by Crippen LogP contribution is -2.32. The molecule has 1 rings (SSSR count). The molecule has 0 unspecified atom stereocenters. The summed E-state index contributed by atoms with van der Waals surface area (Å²) in [6, 6.07) is 0. The van der Waals surface area contributed by atoms with E-state index < -0.39 is 0 Å². The molecule has 0 aliphatic carbocycles. The molecule has 1 aliphatic heterocycles. The Kier molecular flexibility index (Phi) is 5.39. The first kappa shape index (κ1) is 13.1. The van der Waals surface area contributed by atoms with E-state index in [-0.39, 0.29) is 0 Å². The summed E-state index contributed by atoms with van der Waals surface area (Å²) in [7, 11) is 1.89. The molecule has 0 amide bonds. The maximum Gasteiger partial charge on any atom is 0.0191 e. The Balaban J connectivity index is 2.27. The van der Waals surface area contributed by atoms with E-state index in [2.05, 4.69) is 42.3 Å². The monoisotopic (exact) mass is 223 g/mol. The normalized spacial score (nSPS) is 18.7. The van der Waals surface area contributed by atoms with Crippen molar-refractivity contribution in [3.63, 3.8) is 0 Å². The van der Waals surface area contributed by atoms with Gasteiger partial charge in [-0.15, -0.1) is 0 Å². The van der Waals surface area contributed by atoms with E-state index in [0.717, 1.165) is 5.92 Å². The van der Waals surface area contributed by atoms with Crippen LogP contribution >= 0.6 is 0 Å². The van der Waals surface area contributed by atoms with Crippen molar-refractivity contribution < 1.29 is 0 Å². The van der Waals surface area contributed by atoms with E-state index in [9.17, 15) is 0 Å². The van der Waals surface area contributed by atoms with Crippen LogP contribution in [0.4, 0.5) is 0 Å². The molecule has 0 aromatic carbocycles. The number of allylic oxidation sites excluding steroid dienone is 3. The number of piperidine rings is 1. The number of hydrogen-bond acceptors (Lipinski definition) is 3. The molecule has 1 saturated heterocycles. The third-order valence-electron chi connectivity index (χ3n) is 3.23. The first-order chi connectivity index (χ1) is 7.63. The molecule has 2 N–H and O–H groups in total. The van der Waals surface area contributed by atoms with Gasteiger partial charge in [-0.1, -0.05) is 12.7 Å². The van der Waals surface area contributed by atoms with Gasteiger partial charge in [0.15, 0.2) is 0 Å². The lowest BCUT2D eigenvalue weighted by Gasteiger charge is -2.33. The number of nitrogens with one attached hydrogen (secondary N) is 2. The minimum absolute atomic E-state index is 0.837. The molecule has 0 aromatic heterocycles. The molecular weight excluding hydrogens is 198 g/mol. The largest absolute Gasteiger partial charge is 0.376 e. The average Bonchev–Trinajstić information content (AvgIpc) is 2.27. The Hall–Kier alpha value is -0.960. The minimum atomic E-state index is 0.837. The number of nitrogens with zero attached hydrogens (tertiary/aromatic N) is 1. The van der Waals surface area contributed by atoms with Gasteiger partial charge >= 0.3 is 0 Å². The van der Waals surface area contributed by atoms with Crippen molar-refractivity contribution >= 4 is 0 Å². The van der Waals surface area contributed by atoms with Crippen LogP contribution in [0, 0.1) is 5.92 Å². The number of hydrogen-bond donors (Lipinski definition) is 2. The first-order valence-electron chi connectivity index (χ1n) is 6.13. The average molecular weight is 223 g/mol. The fourth-order valence-electron chi connectivity index (χ4n) is 2.14. The molecule has 0 saturated carbocycles. The maximum absolute atomic E-state index is 4.00. The molecule has 0 spiro atoms. The van der Waals surface area contributed by atoms with E-state index >= 15 is 0 Å². The third kappa shape index (κ3) is 4.27. The van der Waals surface area contributed by atoms with E-state index in [0.29, 0.717) is 0 Å². The third-order valence-corrected chi connectivity index (χ3v) is 3.23. The maximum atomic E-state index is 4.00. The van der Waals surface area contributed by atoms with Gasteiger partial charge in [-0.05, 0) is 39.0 Å². The van der Waals surface area contributed by atoms with E-state index in [4.69, 9.17) is 0 Å². The second-order valence-corrected chi connectivity index (χ2v) is 4.66. The summed E-state index contributed by atoms with van der Waals surface area (Å²) in [5.74, 6) is 0.837. The second kappa shape index (κ2) is 6.59. The minimum Gasteiger partial charge on any atom is -0.376 e. The van der Waals surface area contributed by atoms with Gasteiger partial charge in [0.25, 0.3) is 0 Å². The highest BCUT2D eigenvalue weighted by molar-refractivity contribution is 4.97. The van der Waals surface area contributed by atoms with Gasteiger partial charge in [-0.25, -0.2) is 5.43 Å². The van der Waals surface area contributed by atoms with E-state index in [1.54, 1.807) is 0 Å². The van der Waals surface area contributed by atoms with Crippen molar-refractivity contribution in [1.29, 1.82) is 0 Å². The van der Waals surface area contributed by atoms with Crippen LogP contribution in [0.15, 0.2) is 24.0 Å².